The monoisotopic (exact) mass is 361 g/mol. The number of amides is 1. The lowest BCUT2D eigenvalue weighted by Crippen LogP contribution is -2.26. The van der Waals surface area contributed by atoms with E-state index in [0.29, 0.717) is 17.4 Å². The first kappa shape index (κ1) is 15.6. The van der Waals surface area contributed by atoms with E-state index >= 15 is 0 Å². The van der Waals surface area contributed by atoms with Gasteiger partial charge in [-0.3, -0.25) is 4.79 Å². The molecule has 0 radical (unpaired) electrons. The van der Waals surface area contributed by atoms with Gasteiger partial charge in [0.15, 0.2) is 0 Å². The van der Waals surface area contributed by atoms with Crippen molar-refractivity contribution in [2.45, 2.75) is 12.6 Å². The summed E-state index contributed by atoms with van der Waals surface area (Å²) < 4.78 is 38.2. The van der Waals surface area contributed by atoms with Crippen molar-refractivity contribution >= 4 is 21.8 Å². The van der Waals surface area contributed by atoms with Gasteiger partial charge in [-0.2, -0.15) is 13.2 Å². The molecule has 2 N–H and O–H groups in total. The molecule has 1 heterocycles. The van der Waals surface area contributed by atoms with E-state index in [1.165, 1.54) is 12.4 Å². The molecule has 8 heteroatoms. The topological polar surface area (TPSA) is 57.8 Å². The van der Waals surface area contributed by atoms with Crippen LogP contribution in [0.5, 0.6) is 0 Å². The normalized spacial score (nSPS) is 11.4. The molecule has 1 amide bonds. The highest BCUT2D eigenvalue weighted by atomic mass is 79.9. The molecule has 0 aliphatic heterocycles. The van der Waals surface area contributed by atoms with Gasteiger partial charge in [-0.25, -0.2) is 4.98 Å². The number of alkyl halides is 3. The molecule has 0 atom stereocenters. The molecule has 21 heavy (non-hydrogen) atoms. The van der Waals surface area contributed by atoms with Gasteiger partial charge in [-0.05, 0) is 34.1 Å². The predicted octanol–water partition coefficient (Wildman–Crippen LogP) is 3.16. The van der Waals surface area contributed by atoms with E-state index in [1.807, 2.05) is 0 Å². The molecule has 0 aliphatic carbocycles. The van der Waals surface area contributed by atoms with E-state index in [0.717, 1.165) is 17.8 Å². The number of nitrogens with one attached hydrogen (secondary N) is 2. The highest BCUT2D eigenvalue weighted by molar-refractivity contribution is 9.10. The third kappa shape index (κ3) is 4.07. The number of H-pyrrole nitrogens is 1. The van der Waals surface area contributed by atoms with Gasteiger partial charge in [0.05, 0.1) is 17.5 Å². The van der Waals surface area contributed by atoms with E-state index in [2.05, 4.69) is 31.2 Å². The van der Waals surface area contributed by atoms with Gasteiger partial charge >= 0.3 is 6.18 Å². The molecule has 0 bridgehead atoms. The summed E-state index contributed by atoms with van der Waals surface area (Å²) >= 11 is 3.08. The Morgan fingerprint density at radius 2 is 2.14 bits per heavy atom. The van der Waals surface area contributed by atoms with E-state index < -0.39 is 17.6 Å². The third-order valence-electron chi connectivity index (χ3n) is 2.77. The van der Waals surface area contributed by atoms with Gasteiger partial charge in [0.25, 0.3) is 5.91 Å². The number of aromatic amines is 1. The Kier molecular flexibility index (Phi) is 4.66. The first-order valence-corrected chi connectivity index (χ1v) is 6.79. The van der Waals surface area contributed by atoms with E-state index in [1.54, 1.807) is 6.20 Å². The molecule has 1 aromatic carbocycles. The lowest BCUT2D eigenvalue weighted by Gasteiger charge is -2.11. The number of hydrogen-bond acceptors (Lipinski definition) is 2. The molecule has 4 nitrogen and oxygen atoms in total. The molecule has 112 valence electrons. The zero-order valence-electron chi connectivity index (χ0n) is 10.7. The van der Waals surface area contributed by atoms with Gasteiger partial charge in [0.1, 0.15) is 0 Å². The number of imidazole rings is 1. The van der Waals surface area contributed by atoms with Gasteiger partial charge in [-0.15, -0.1) is 0 Å². The molecule has 0 saturated carbocycles. The first-order chi connectivity index (χ1) is 9.88. The second kappa shape index (κ2) is 6.30. The number of carbonyl (C=O) groups is 1. The maximum atomic E-state index is 12.6. The molecule has 0 unspecified atom stereocenters. The van der Waals surface area contributed by atoms with Crippen LogP contribution in [-0.2, 0) is 12.6 Å². The van der Waals surface area contributed by atoms with Crippen molar-refractivity contribution in [2.24, 2.45) is 0 Å². The van der Waals surface area contributed by atoms with Crippen LogP contribution in [0.15, 0.2) is 35.2 Å². The van der Waals surface area contributed by atoms with Gasteiger partial charge in [0.2, 0.25) is 0 Å². The lowest BCUT2D eigenvalue weighted by atomic mass is 10.1. The molecule has 0 spiro atoms. The van der Waals surface area contributed by atoms with Crippen LogP contribution < -0.4 is 5.32 Å². The Balaban J connectivity index is 2.04. The van der Waals surface area contributed by atoms with Crippen molar-refractivity contribution in [1.82, 2.24) is 15.3 Å². The van der Waals surface area contributed by atoms with Gasteiger partial charge in [-0.1, -0.05) is 0 Å². The predicted molar refractivity (Wildman–Crippen MR) is 73.8 cm³/mol. The lowest BCUT2D eigenvalue weighted by molar-refractivity contribution is -0.137. The van der Waals surface area contributed by atoms with Crippen molar-refractivity contribution in [2.75, 3.05) is 6.54 Å². The summed E-state index contributed by atoms with van der Waals surface area (Å²) in [4.78, 5) is 18.6. The fourth-order valence-corrected chi connectivity index (χ4v) is 2.13. The number of carbonyl (C=O) groups excluding carboxylic acids is 1. The Morgan fingerprint density at radius 3 is 2.76 bits per heavy atom. The molecule has 0 aliphatic rings. The number of nitrogens with zero attached hydrogens (tertiary/aromatic N) is 1. The summed E-state index contributed by atoms with van der Waals surface area (Å²) in [7, 11) is 0. The first-order valence-electron chi connectivity index (χ1n) is 6.00. The van der Waals surface area contributed by atoms with Crippen molar-refractivity contribution in [3.63, 3.8) is 0 Å². The minimum Gasteiger partial charge on any atom is -0.352 e. The second-order valence-corrected chi connectivity index (χ2v) is 5.13. The fourth-order valence-electron chi connectivity index (χ4n) is 1.70. The maximum absolute atomic E-state index is 12.6. The number of halogens is 4. The van der Waals surface area contributed by atoms with E-state index in [-0.39, 0.29) is 5.56 Å². The van der Waals surface area contributed by atoms with Crippen LogP contribution in [0.25, 0.3) is 0 Å². The average Bonchev–Trinajstić information content (AvgIpc) is 2.91. The maximum Gasteiger partial charge on any atom is 0.416 e. The zero-order valence-corrected chi connectivity index (χ0v) is 12.3. The largest absolute Gasteiger partial charge is 0.416 e. The minimum atomic E-state index is -4.48. The summed E-state index contributed by atoms with van der Waals surface area (Å²) in [6.45, 7) is 0.295. The molecular formula is C13H11BrF3N3O. The SMILES string of the molecule is O=C(NCCc1cnc[nH]1)c1cc(C(F)(F)F)ccc1Br. The molecular weight excluding hydrogens is 351 g/mol. The molecule has 2 rings (SSSR count). The number of hydrogen-bond donors (Lipinski definition) is 2. The van der Waals surface area contributed by atoms with Crippen LogP contribution in [0.4, 0.5) is 13.2 Å². The Morgan fingerprint density at radius 1 is 1.38 bits per heavy atom. The Bertz CT molecular complexity index is 626. The molecule has 2 aromatic rings. The van der Waals surface area contributed by atoms with E-state index in [9.17, 15) is 18.0 Å². The second-order valence-electron chi connectivity index (χ2n) is 4.28. The van der Waals surface area contributed by atoms with Crippen LogP contribution in [0.3, 0.4) is 0 Å². The zero-order chi connectivity index (χ0) is 15.5. The molecule has 0 saturated heterocycles. The number of rotatable bonds is 4. The standard InChI is InChI=1S/C13H11BrF3N3O/c14-11-2-1-8(13(15,16)17)5-10(11)12(21)19-4-3-9-6-18-7-20-9/h1-2,5-7H,3-4H2,(H,18,20)(H,19,21). The summed E-state index contributed by atoms with van der Waals surface area (Å²) in [6.07, 6.45) is -0.832. The summed E-state index contributed by atoms with van der Waals surface area (Å²) in [5.41, 5.74) is -0.0720. The Labute approximate surface area is 126 Å². The van der Waals surface area contributed by atoms with Crippen LogP contribution in [0.1, 0.15) is 21.6 Å². The highest BCUT2D eigenvalue weighted by Crippen LogP contribution is 2.31. The number of benzene rings is 1. The molecule has 1 aromatic heterocycles. The Hall–Kier alpha value is -1.83. The smallest absolute Gasteiger partial charge is 0.352 e. The van der Waals surface area contributed by atoms with Crippen molar-refractivity contribution < 1.29 is 18.0 Å². The van der Waals surface area contributed by atoms with Crippen LogP contribution in [-0.4, -0.2) is 22.4 Å². The quantitative estimate of drug-likeness (QED) is 0.878. The highest BCUT2D eigenvalue weighted by Gasteiger charge is 2.31. The third-order valence-corrected chi connectivity index (χ3v) is 3.46. The average molecular weight is 362 g/mol. The summed E-state index contributed by atoms with van der Waals surface area (Å²) in [5.74, 6) is -0.563. The van der Waals surface area contributed by atoms with Crippen LogP contribution >= 0.6 is 15.9 Å². The van der Waals surface area contributed by atoms with Crippen molar-refractivity contribution in [3.8, 4) is 0 Å². The van der Waals surface area contributed by atoms with Crippen LogP contribution in [0.2, 0.25) is 0 Å². The van der Waals surface area contributed by atoms with Gasteiger partial charge in [0, 0.05) is 29.3 Å². The van der Waals surface area contributed by atoms with Crippen molar-refractivity contribution in [3.05, 3.63) is 52.0 Å². The van der Waals surface area contributed by atoms with Crippen molar-refractivity contribution in [1.29, 1.82) is 0 Å². The summed E-state index contributed by atoms with van der Waals surface area (Å²) in [5, 5.41) is 2.57. The van der Waals surface area contributed by atoms with Gasteiger partial charge < -0.3 is 10.3 Å². The summed E-state index contributed by atoms with van der Waals surface area (Å²) in [6, 6.07) is 2.97. The minimum absolute atomic E-state index is 0.0468. The number of aromatic nitrogens is 2. The van der Waals surface area contributed by atoms with E-state index in [4.69, 9.17) is 0 Å². The van der Waals surface area contributed by atoms with Crippen LogP contribution in [0, 0.1) is 0 Å². The fraction of sp³-hybridized carbons (Fsp3) is 0.231. The molecule has 0 fully saturated rings.